The zero-order valence-corrected chi connectivity index (χ0v) is 19.6. The Kier molecular flexibility index (Phi) is 6.67. The third-order valence-electron chi connectivity index (χ3n) is 4.96. The van der Waals surface area contributed by atoms with Gasteiger partial charge in [-0.1, -0.05) is 48.0 Å². The van der Waals surface area contributed by atoms with E-state index in [0.717, 1.165) is 5.56 Å². The van der Waals surface area contributed by atoms with E-state index >= 15 is 0 Å². The van der Waals surface area contributed by atoms with Gasteiger partial charge >= 0.3 is 0 Å². The van der Waals surface area contributed by atoms with Crippen molar-refractivity contribution in [1.29, 1.82) is 0 Å². The van der Waals surface area contributed by atoms with Crippen molar-refractivity contribution in [3.8, 4) is 0 Å². The molecule has 174 valence electrons. The van der Waals surface area contributed by atoms with E-state index in [1.54, 1.807) is 55.5 Å². The first-order valence-electron chi connectivity index (χ1n) is 10.2. The molecule has 7 nitrogen and oxygen atoms in total. The number of hydrogen-bond donors (Lipinski definition) is 2. The lowest BCUT2D eigenvalue weighted by Gasteiger charge is -2.10. The molecular formula is C24H20ClFN4O3S. The number of hydrogen-bond acceptors (Lipinski definition) is 4. The molecule has 0 radical (unpaired) electrons. The predicted octanol–water partition coefficient (Wildman–Crippen LogP) is 5.09. The molecule has 1 amide bonds. The molecule has 0 aliphatic heterocycles. The molecule has 2 N–H and O–H groups in total. The van der Waals surface area contributed by atoms with Gasteiger partial charge in [0.05, 0.1) is 28.4 Å². The molecule has 10 heteroatoms. The number of rotatable bonds is 7. The molecule has 0 saturated carbocycles. The highest BCUT2D eigenvalue weighted by Crippen LogP contribution is 2.24. The molecule has 0 atom stereocenters. The Bertz CT molecular complexity index is 1440. The van der Waals surface area contributed by atoms with E-state index in [4.69, 9.17) is 11.6 Å². The van der Waals surface area contributed by atoms with Gasteiger partial charge in [-0.15, -0.1) is 0 Å². The molecule has 0 fully saturated rings. The first-order valence-corrected chi connectivity index (χ1v) is 12.1. The summed E-state index contributed by atoms with van der Waals surface area (Å²) in [5, 5.41) is 7.20. The molecule has 0 unspecified atom stereocenters. The number of halogens is 2. The second kappa shape index (κ2) is 9.66. The van der Waals surface area contributed by atoms with Crippen LogP contribution in [0.4, 0.5) is 15.8 Å². The van der Waals surface area contributed by atoms with Crippen LogP contribution >= 0.6 is 11.6 Å². The number of amides is 1. The summed E-state index contributed by atoms with van der Waals surface area (Å²) in [5.41, 5.74) is 2.05. The highest BCUT2D eigenvalue weighted by atomic mass is 35.5. The van der Waals surface area contributed by atoms with Crippen molar-refractivity contribution in [3.63, 3.8) is 0 Å². The fourth-order valence-electron chi connectivity index (χ4n) is 3.35. The summed E-state index contributed by atoms with van der Waals surface area (Å²) >= 11 is 6.43. The lowest BCUT2D eigenvalue weighted by molar-refractivity contribution is 0.102. The molecule has 0 aliphatic rings. The minimum Gasteiger partial charge on any atom is -0.322 e. The van der Waals surface area contributed by atoms with Crippen LogP contribution in [0.1, 0.15) is 21.6 Å². The van der Waals surface area contributed by atoms with Gasteiger partial charge in [0.15, 0.2) is 0 Å². The Hall–Kier alpha value is -3.69. The SMILES string of the molecule is Cc1nn(Cc2ccc(F)cc2)c(Cl)c1C(=O)Nc1cccc(NS(=O)(=O)c2ccccc2)c1. The topological polar surface area (TPSA) is 93.1 Å². The van der Waals surface area contributed by atoms with Crippen molar-refractivity contribution in [1.82, 2.24) is 9.78 Å². The number of carbonyl (C=O) groups excluding carboxylic acids is 1. The van der Waals surface area contributed by atoms with Crippen LogP contribution in [0.2, 0.25) is 5.15 Å². The summed E-state index contributed by atoms with van der Waals surface area (Å²) < 4.78 is 42.3. The van der Waals surface area contributed by atoms with Gasteiger partial charge in [0.25, 0.3) is 15.9 Å². The largest absolute Gasteiger partial charge is 0.322 e. The van der Waals surface area contributed by atoms with E-state index in [0.29, 0.717) is 11.4 Å². The van der Waals surface area contributed by atoms with Gasteiger partial charge < -0.3 is 5.32 Å². The van der Waals surface area contributed by atoms with Gasteiger partial charge in [-0.25, -0.2) is 17.5 Å². The number of carbonyl (C=O) groups is 1. The van der Waals surface area contributed by atoms with E-state index < -0.39 is 15.9 Å². The van der Waals surface area contributed by atoms with Crippen molar-refractivity contribution in [2.75, 3.05) is 10.0 Å². The molecule has 4 aromatic rings. The molecule has 0 bridgehead atoms. The van der Waals surface area contributed by atoms with E-state index in [-0.39, 0.29) is 33.7 Å². The zero-order chi connectivity index (χ0) is 24.3. The smallest absolute Gasteiger partial charge is 0.261 e. The summed E-state index contributed by atoms with van der Waals surface area (Å²) in [7, 11) is -3.77. The fraction of sp³-hybridized carbons (Fsp3) is 0.0833. The lowest BCUT2D eigenvalue weighted by atomic mass is 10.2. The van der Waals surface area contributed by atoms with Crippen LogP contribution in [0.3, 0.4) is 0 Å². The summed E-state index contributed by atoms with van der Waals surface area (Å²) in [6.45, 7) is 1.93. The van der Waals surface area contributed by atoms with Gasteiger partial charge in [0.2, 0.25) is 0 Å². The van der Waals surface area contributed by atoms with Crippen LogP contribution in [0, 0.1) is 12.7 Å². The Morgan fingerprint density at radius 3 is 2.38 bits per heavy atom. The van der Waals surface area contributed by atoms with E-state index in [2.05, 4.69) is 15.1 Å². The number of benzene rings is 3. The van der Waals surface area contributed by atoms with Crippen LogP contribution in [-0.2, 0) is 16.6 Å². The number of sulfonamides is 1. The van der Waals surface area contributed by atoms with Crippen LogP contribution in [0.15, 0.2) is 83.8 Å². The predicted molar refractivity (Wildman–Crippen MR) is 129 cm³/mol. The Balaban J connectivity index is 1.51. The average molecular weight is 499 g/mol. The van der Waals surface area contributed by atoms with Gasteiger partial charge in [0, 0.05) is 5.69 Å². The molecule has 34 heavy (non-hydrogen) atoms. The molecule has 0 spiro atoms. The third kappa shape index (κ3) is 5.27. The second-order valence-electron chi connectivity index (χ2n) is 7.49. The molecular weight excluding hydrogens is 479 g/mol. The first-order chi connectivity index (χ1) is 16.2. The van der Waals surface area contributed by atoms with Crippen molar-refractivity contribution in [2.24, 2.45) is 0 Å². The molecule has 0 aliphatic carbocycles. The Morgan fingerprint density at radius 1 is 1.00 bits per heavy atom. The zero-order valence-electron chi connectivity index (χ0n) is 18.0. The fourth-order valence-corrected chi connectivity index (χ4v) is 4.74. The monoisotopic (exact) mass is 498 g/mol. The van der Waals surface area contributed by atoms with Gasteiger partial charge in [0.1, 0.15) is 11.0 Å². The van der Waals surface area contributed by atoms with Crippen molar-refractivity contribution in [2.45, 2.75) is 18.4 Å². The normalized spacial score (nSPS) is 11.3. The van der Waals surface area contributed by atoms with Crippen LogP contribution in [0.5, 0.6) is 0 Å². The van der Waals surface area contributed by atoms with Gasteiger partial charge in [-0.05, 0) is 55.0 Å². The van der Waals surface area contributed by atoms with Crippen molar-refractivity contribution < 1.29 is 17.6 Å². The lowest BCUT2D eigenvalue weighted by Crippen LogP contribution is -2.15. The average Bonchev–Trinajstić information content (AvgIpc) is 3.08. The van der Waals surface area contributed by atoms with Crippen LogP contribution in [0.25, 0.3) is 0 Å². The number of nitrogens with zero attached hydrogens (tertiary/aromatic N) is 2. The molecule has 4 rings (SSSR count). The minimum absolute atomic E-state index is 0.125. The second-order valence-corrected chi connectivity index (χ2v) is 9.53. The quantitative estimate of drug-likeness (QED) is 0.371. The maximum Gasteiger partial charge on any atom is 0.261 e. The minimum atomic E-state index is -3.77. The van der Waals surface area contributed by atoms with Crippen molar-refractivity contribution in [3.05, 3.63) is 107 Å². The van der Waals surface area contributed by atoms with Gasteiger partial charge in [-0.2, -0.15) is 5.10 Å². The summed E-state index contributed by atoms with van der Waals surface area (Å²) in [4.78, 5) is 13.1. The number of nitrogens with one attached hydrogen (secondary N) is 2. The number of aryl methyl sites for hydroxylation is 1. The third-order valence-corrected chi connectivity index (χ3v) is 6.75. The van der Waals surface area contributed by atoms with Crippen LogP contribution < -0.4 is 10.0 Å². The number of anilines is 2. The maximum atomic E-state index is 13.2. The Labute approximate surface area is 201 Å². The summed E-state index contributed by atoms with van der Waals surface area (Å²) in [5.74, 6) is -0.837. The number of aromatic nitrogens is 2. The molecule has 1 heterocycles. The highest BCUT2D eigenvalue weighted by molar-refractivity contribution is 7.92. The maximum absolute atomic E-state index is 13.2. The van der Waals surface area contributed by atoms with Crippen molar-refractivity contribution >= 4 is 38.9 Å². The Morgan fingerprint density at radius 2 is 1.68 bits per heavy atom. The highest BCUT2D eigenvalue weighted by Gasteiger charge is 2.21. The van der Waals surface area contributed by atoms with E-state index in [1.165, 1.54) is 35.0 Å². The van der Waals surface area contributed by atoms with Crippen LogP contribution in [-0.4, -0.2) is 24.1 Å². The standard InChI is InChI=1S/C24H20ClFN4O3S/c1-16-22(23(25)30(28-16)15-17-10-12-18(26)13-11-17)24(31)27-19-6-5-7-20(14-19)29-34(32,33)21-8-3-2-4-9-21/h2-14,29H,15H2,1H3,(H,27,31). The van der Waals surface area contributed by atoms with E-state index in [9.17, 15) is 17.6 Å². The summed E-state index contributed by atoms with van der Waals surface area (Å²) in [6, 6.07) is 20.2. The molecule has 0 saturated heterocycles. The molecule has 3 aromatic carbocycles. The van der Waals surface area contributed by atoms with E-state index in [1.807, 2.05) is 0 Å². The van der Waals surface area contributed by atoms with Gasteiger partial charge in [-0.3, -0.25) is 9.52 Å². The molecule has 1 aromatic heterocycles. The first kappa shape index (κ1) is 23.5. The summed E-state index contributed by atoms with van der Waals surface area (Å²) in [6.07, 6.45) is 0.